The van der Waals surface area contributed by atoms with Gasteiger partial charge in [0.15, 0.2) is 11.5 Å². The van der Waals surface area contributed by atoms with Crippen LogP contribution in [0.1, 0.15) is 60.4 Å². The van der Waals surface area contributed by atoms with Crippen LogP contribution in [0.4, 0.5) is 11.4 Å². The van der Waals surface area contributed by atoms with E-state index in [0.29, 0.717) is 35.0 Å². The van der Waals surface area contributed by atoms with Crippen molar-refractivity contribution in [3.05, 3.63) is 82.4 Å². The molecule has 0 aromatic heterocycles. The van der Waals surface area contributed by atoms with Crippen LogP contribution in [0, 0.1) is 39.5 Å². The fourth-order valence-corrected chi connectivity index (χ4v) is 5.88. The maximum atomic E-state index is 14.2. The van der Waals surface area contributed by atoms with E-state index in [1.54, 1.807) is 18.2 Å². The Balaban J connectivity index is 1.84. The molecule has 4 rings (SSSR count). The molecule has 3 N–H and O–H groups in total. The van der Waals surface area contributed by atoms with Gasteiger partial charge in [0.05, 0.1) is 25.2 Å². The van der Waals surface area contributed by atoms with Gasteiger partial charge in [-0.3, -0.25) is 14.4 Å². The molecule has 4 unspecified atom stereocenters. The van der Waals surface area contributed by atoms with Gasteiger partial charge in [-0.1, -0.05) is 37.3 Å². The minimum atomic E-state index is -1.73. The molecule has 0 aliphatic heterocycles. The van der Waals surface area contributed by atoms with Crippen molar-refractivity contribution >= 4 is 29.0 Å². The fraction of sp³-hybridized carbons (Fsp3) is 0.400. The van der Waals surface area contributed by atoms with Crippen LogP contribution in [0.2, 0.25) is 0 Å². The maximum absolute atomic E-state index is 14.2. The van der Waals surface area contributed by atoms with Gasteiger partial charge in [0.1, 0.15) is 11.7 Å². The molecule has 0 radical (unpaired) electrons. The van der Waals surface area contributed by atoms with Gasteiger partial charge < -0.3 is 25.2 Å². The second kappa shape index (κ2) is 13.0. The van der Waals surface area contributed by atoms with Crippen LogP contribution in [-0.2, 0) is 14.4 Å². The van der Waals surface area contributed by atoms with Crippen molar-refractivity contribution in [2.45, 2.75) is 65.9 Å². The number of Topliss-reactive ketones (excluding diaryl/α,β-unsaturated/α-hetero) is 1. The third-order valence-corrected chi connectivity index (χ3v) is 8.17. The Hall–Kier alpha value is -4.17. The molecule has 0 saturated heterocycles. The minimum absolute atomic E-state index is 0.353. The predicted molar refractivity (Wildman–Crippen MR) is 168 cm³/mol. The van der Waals surface area contributed by atoms with Crippen LogP contribution in [0.15, 0.2) is 54.6 Å². The first kappa shape index (κ1) is 31.8. The minimum Gasteiger partial charge on any atom is -0.493 e. The summed E-state index contributed by atoms with van der Waals surface area (Å²) in [4.78, 5) is 41.9. The molecule has 3 aromatic rings. The molecule has 0 bridgehead atoms. The Kier molecular flexibility index (Phi) is 9.60. The van der Waals surface area contributed by atoms with Crippen molar-refractivity contribution in [2.24, 2.45) is 11.8 Å². The van der Waals surface area contributed by atoms with Crippen molar-refractivity contribution in [2.75, 3.05) is 24.4 Å². The smallest absolute Gasteiger partial charge is 0.235 e. The first-order valence-corrected chi connectivity index (χ1v) is 14.7. The lowest BCUT2D eigenvalue weighted by molar-refractivity contribution is -0.150. The number of nitrogens with one attached hydrogen (secondary N) is 2. The number of rotatable bonds is 9. The van der Waals surface area contributed by atoms with E-state index in [1.165, 1.54) is 14.0 Å². The molecule has 1 fully saturated rings. The zero-order valence-corrected chi connectivity index (χ0v) is 26.0. The van der Waals surface area contributed by atoms with Crippen LogP contribution in [0.3, 0.4) is 0 Å². The molecule has 8 heteroatoms. The number of hydrogen-bond donors (Lipinski definition) is 3. The number of ketones is 1. The van der Waals surface area contributed by atoms with Crippen LogP contribution in [0.5, 0.6) is 11.5 Å². The molecule has 2 amide bonds. The van der Waals surface area contributed by atoms with E-state index in [9.17, 15) is 19.5 Å². The molecule has 1 aliphatic rings. The molecule has 43 heavy (non-hydrogen) atoms. The SMILES string of the molecule is CCCOc1ccc(C2C(C(=O)Nc3cc(C)ccc3C)C(=O)CC(C)(O)C2C(=O)Nc2cc(C)ccc2C)cc1OC. The zero-order chi connectivity index (χ0) is 31.5. The summed E-state index contributed by atoms with van der Waals surface area (Å²) in [5.41, 5.74) is 3.58. The molecule has 3 aromatic carbocycles. The third-order valence-electron chi connectivity index (χ3n) is 8.17. The summed E-state index contributed by atoms with van der Waals surface area (Å²) in [6.45, 7) is 11.6. The standard InChI is InChI=1S/C35H42N2O6/c1-8-15-43-28-14-13-24(18-29(28)42-7)30-31(33(39)36-25-16-20(2)9-11-22(25)4)27(38)19-35(6,41)32(30)34(40)37-26-17-21(3)10-12-23(26)5/h9-14,16-18,30-32,41H,8,15,19H2,1-7H3,(H,36,39)(H,37,40). The summed E-state index contributed by atoms with van der Waals surface area (Å²) in [7, 11) is 1.51. The second-order valence-corrected chi connectivity index (χ2v) is 11.9. The van der Waals surface area contributed by atoms with Gasteiger partial charge in [0, 0.05) is 23.7 Å². The van der Waals surface area contributed by atoms with E-state index in [1.807, 2.05) is 71.0 Å². The van der Waals surface area contributed by atoms with E-state index in [4.69, 9.17) is 9.47 Å². The number of carbonyl (C=O) groups is 3. The van der Waals surface area contributed by atoms with Gasteiger partial charge in [-0.05, 0) is 93.1 Å². The summed E-state index contributed by atoms with van der Waals surface area (Å²) < 4.78 is 11.5. The van der Waals surface area contributed by atoms with Gasteiger partial charge in [0.25, 0.3) is 0 Å². The summed E-state index contributed by atoms with van der Waals surface area (Å²) >= 11 is 0. The summed E-state index contributed by atoms with van der Waals surface area (Å²) in [5, 5.41) is 17.6. The Morgan fingerprint density at radius 2 is 1.47 bits per heavy atom. The topological polar surface area (TPSA) is 114 Å². The van der Waals surface area contributed by atoms with Crippen molar-refractivity contribution < 1.29 is 29.0 Å². The highest BCUT2D eigenvalue weighted by atomic mass is 16.5. The molecular formula is C35H42N2O6. The number of carbonyl (C=O) groups excluding carboxylic acids is 3. The number of amides is 2. The number of methoxy groups -OCH3 is 1. The van der Waals surface area contributed by atoms with Crippen LogP contribution >= 0.6 is 0 Å². The van der Waals surface area contributed by atoms with Gasteiger partial charge in [0.2, 0.25) is 11.8 Å². The van der Waals surface area contributed by atoms with E-state index >= 15 is 0 Å². The summed E-state index contributed by atoms with van der Waals surface area (Å²) in [6, 6.07) is 16.6. The van der Waals surface area contributed by atoms with Gasteiger partial charge in [-0.15, -0.1) is 0 Å². The highest BCUT2D eigenvalue weighted by Crippen LogP contribution is 2.48. The molecule has 0 heterocycles. The largest absolute Gasteiger partial charge is 0.493 e. The molecule has 4 atom stereocenters. The molecule has 8 nitrogen and oxygen atoms in total. The number of anilines is 2. The van der Waals surface area contributed by atoms with Gasteiger partial charge in [-0.25, -0.2) is 0 Å². The average molecular weight is 587 g/mol. The summed E-state index contributed by atoms with van der Waals surface area (Å²) in [5.74, 6) is -3.94. The van der Waals surface area contributed by atoms with Gasteiger partial charge >= 0.3 is 0 Å². The Morgan fingerprint density at radius 1 is 0.884 bits per heavy atom. The van der Waals surface area contributed by atoms with Crippen molar-refractivity contribution in [3.8, 4) is 11.5 Å². The normalized spacial score (nSPS) is 21.7. The fourth-order valence-electron chi connectivity index (χ4n) is 5.88. The quantitative estimate of drug-likeness (QED) is 0.264. The average Bonchev–Trinajstić information content (AvgIpc) is 2.94. The first-order valence-electron chi connectivity index (χ1n) is 14.7. The van der Waals surface area contributed by atoms with Crippen LogP contribution in [-0.4, -0.2) is 42.0 Å². The van der Waals surface area contributed by atoms with Crippen LogP contribution < -0.4 is 20.1 Å². The van der Waals surface area contributed by atoms with Crippen molar-refractivity contribution in [1.29, 1.82) is 0 Å². The highest BCUT2D eigenvalue weighted by Gasteiger charge is 2.56. The van der Waals surface area contributed by atoms with Crippen molar-refractivity contribution in [1.82, 2.24) is 0 Å². The Labute approximate surface area is 253 Å². The van der Waals surface area contributed by atoms with E-state index in [2.05, 4.69) is 10.6 Å². The van der Waals surface area contributed by atoms with E-state index < -0.39 is 41.0 Å². The highest BCUT2D eigenvalue weighted by molar-refractivity contribution is 6.10. The number of hydrogen-bond acceptors (Lipinski definition) is 6. The lowest BCUT2D eigenvalue weighted by Crippen LogP contribution is -2.56. The Morgan fingerprint density at radius 3 is 2.02 bits per heavy atom. The third kappa shape index (κ3) is 6.91. The Bertz CT molecular complexity index is 1530. The monoisotopic (exact) mass is 586 g/mol. The lowest BCUT2D eigenvalue weighted by Gasteiger charge is -2.44. The second-order valence-electron chi connectivity index (χ2n) is 11.9. The van der Waals surface area contributed by atoms with E-state index in [-0.39, 0.29) is 6.42 Å². The number of ether oxygens (including phenoxy) is 2. The van der Waals surface area contributed by atoms with Crippen LogP contribution in [0.25, 0.3) is 0 Å². The number of aryl methyl sites for hydroxylation is 4. The molecule has 228 valence electrons. The maximum Gasteiger partial charge on any atom is 0.235 e. The predicted octanol–water partition coefficient (Wildman–Crippen LogP) is 6.03. The molecule has 1 saturated carbocycles. The van der Waals surface area contributed by atoms with Crippen molar-refractivity contribution in [3.63, 3.8) is 0 Å². The molecule has 1 aliphatic carbocycles. The van der Waals surface area contributed by atoms with Gasteiger partial charge in [-0.2, -0.15) is 0 Å². The zero-order valence-electron chi connectivity index (χ0n) is 26.0. The van der Waals surface area contributed by atoms with E-state index in [0.717, 1.165) is 28.7 Å². The molecule has 0 spiro atoms. The first-order chi connectivity index (χ1) is 20.4. The summed E-state index contributed by atoms with van der Waals surface area (Å²) in [6.07, 6.45) is 0.445. The lowest BCUT2D eigenvalue weighted by atomic mass is 9.61. The number of benzene rings is 3. The number of aliphatic hydroxyl groups is 1. The molecular weight excluding hydrogens is 544 g/mol.